The first kappa shape index (κ1) is 14.9. The Morgan fingerprint density at radius 2 is 1.60 bits per heavy atom. The zero-order valence-electron chi connectivity index (χ0n) is 11.1. The van der Waals surface area contributed by atoms with E-state index in [0.29, 0.717) is 22.2 Å². The van der Waals surface area contributed by atoms with E-state index in [1.165, 1.54) is 0 Å². The number of rotatable bonds is 4. The number of hydrogen-bond donors (Lipinski definition) is 0. The molecule has 0 unspecified atom stereocenters. The van der Waals surface area contributed by atoms with Gasteiger partial charge in [-0.05, 0) is 23.3 Å². The van der Waals surface area contributed by atoms with Crippen LogP contribution < -0.4 is 0 Å². The summed E-state index contributed by atoms with van der Waals surface area (Å²) in [5.41, 5.74) is 1.77. The molecule has 20 heavy (non-hydrogen) atoms. The van der Waals surface area contributed by atoms with Gasteiger partial charge in [0, 0.05) is 23.6 Å². The predicted octanol–water partition coefficient (Wildman–Crippen LogP) is 4.19. The molecule has 0 aliphatic carbocycles. The minimum Gasteiger partial charge on any atom is -0.341 e. The molecule has 0 saturated carbocycles. The average molecular weight is 308 g/mol. The van der Waals surface area contributed by atoms with Crippen LogP contribution in [-0.2, 0) is 17.8 Å². The highest BCUT2D eigenvalue weighted by molar-refractivity contribution is 6.36. The molecule has 0 spiro atoms. The Hall–Kier alpha value is -1.51. The van der Waals surface area contributed by atoms with E-state index in [1.54, 1.807) is 30.1 Å². The van der Waals surface area contributed by atoms with Crippen molar-refractivity contribution in [3.63, 3.8) is 0 Å². The average Bonchev–Trinajstić information content (AvgIpc) is 2.44. The molecule has 2 aromatic rings. The van der Waals surface area contributed by atoms with Gasteiger partial charge in [-0.1, -0.05) is 59.6 Å². The summed E-state index contributed by atoms with van der Waals surface area (Å²) in [5.74, 6) is -0.0103. The Labute approximate surface area is 128 Å². The number of carbonyl (C=O) groups is 1. The molecule has 0 aromatic heterocycles. The molecule has 2 aromatic carbocycles. The topological polar surface area (TPSA) is 20.3 Å². The van der Waals surface area contributed by atoms with Gasteiger partial charge in [-0.25, -0.2) is 0 Å². The SMILES string of the molecule is CN(Cc1ccccc1)C(=O)Cc1c(Cl)cccc1Cl. The molecular formula is C16H15Cl2NO. The van der Waals surface area contributed by atoms with Crippen molar-refractivity contribution >= 4 is 29.1 Å². The fourth-order valence-electron chi connectivity index (χ4n) is 1.93. The summed E-state index contributed by atoms with van der Waals surface area (Å²) in [6, 6.07) is 15.1. The number of carbonyl (C=O) groups excluding carboxylic acids is 1. The lowest BCUT2D eigenvalue weighted by Gasteiger charge is -2.18. The van der Waals surface area contributed by atoms with Crippen molar-refractivity contribution in [3.05, 3.63) is 69.7 Å². The molecule has 104 valence electrons. The second-order valence-corrected chi connectivity index (χ2v) is 5.43. The van der Waals surface area contributed by atoms with E-state index in [9.17, 15) is 4.79 Å². The smallest absolute Gasteiger partial charge is 0.227 e. The van der Waals surface area contributed by atoms with Crippen LogP contribution >= 0.6 is 23.2 Å². The molecule has 0 aliphatic heterocycles. The summed E-state index contributed by atoms with van der Waals surface area (Å²) in [4.78, 5) is 13.9. The largest absolute Gasteiger partial charge is 0.341 e. The monoisotopic (exact) mass is 307 g/mol. The lowest BCUT2D eigenvalue weighted by Crippen LogP contribution is -2.27. The van der Waals surface area contributed by atoms with Crippen molar-refractivity contribution in [2.75, 3.05) is 7.05 Å². The Morgan fingerprint density at radius 3 is 2.20 bits per heavy atom. The molecule has 0 N–H and O–H groups in total. The summed E-state index contributed by atoms with van der Waals surface area (Å²) in [5, 5.41) is 1.05. The molecule has 2 nitrogen and oxygen atoms in total. The summed E-state index contributed by atoms with van der Waals surface area (Å²) < 4.78 is 0. The van der Waals surface area contributed by atoms with E-state index < -0.39 is 0 Å². The van der Waals surface area contributed by atoms with Gasteiger partial charge in [0.15, 0.2) is 0 Å². The van der Waals surface area contributed by atoms with Crippen LogP contribution in [0.25, 0.3) is 0 Å². The van der Waals surface area contributed by atoms with Crippen LogP contribution in [0, 0.1) is 0 Å². The molecule has 1 amide bonds. The van der Waals surface area contributed by atoms with E-state index in [4.69, 9.17) is 23.2 Å². The second-order valence-electron chi connectivity index (χ2n) is 4.61. The number of halogens is 2. The van der Waals surface area contributed by atoms with Crippen LogP contribution in [0.15, 0.2) is 48.5 Å². The van der Waals surface area contributed by atoms with Crippen molar-refractivity contribution < 1.29 is 4.79 Å². The molecule has 4 heteroatoms. The highest BCUT2D eigenvalue weighted by Crippen LogP contribution is 2.25. The molecule has 0 fully saturated rings. The lowest BCUT2D eigenvalue weighted by atomic mass is 10.1. The van der Waals surface area contributed by atoms with Crippen LogP contribution in [0.4, 0.5) is 0 Å². The Bertz CT molecular complexity index is 578. The minimum absolute atomic E-state index is 0.0103. The van der Waals surface area contributed by atoms with Gasteiger partial charge in [0.2, 0.25) is 5.91 Å². The summed E-state index contributed by atoms with van der Waals surface area (Å²) >= 11 is 12.2. The standard InChI is InChI=1S/C16H15Cl2NO/c1-19(11-12-6-3-2-4-7-12)16(20)10-13-14(17)8-5-9-15(13)18/h2-9H,10-11H2,1H3. The van der Waals surface area contributed by atoms with Gasteiger partial charge in [0.05, 0.1) is 6.42 Å². The van der Waals surface area contributed by atoms with Gasteiger partial charge >= 0.3 is 0 Å². The predicted molar refractivity (Wildman–Crippen MR) is 83.1 cm³/mol. The van der Waals surface area contributed by atoms with Crippen LogP contribution in [0.2, 0.25) is 10.0 Å². The second kappa shape index (κ2) is 6.78. The number of nitrogens with zero attached hydrogens (tertiary/aromatic N) is 1. The van der Waals surface area contributed by atoms with Crippen LogP contribution in [0.5, 0.6) is 0 Å². The fraction of sp³-hybridized carbons (Fsp3) is 0.188. The molecular weight excluding hydrogens is 293 g/mol. The molecule has 0 aliphatic rings. The normalized spacial score (nSPS) is 10.3. The Balaban J connectivity index is 2.05. The van der Waals surface area contributed by atoms with Crippen molar-refractivity contribution in [3.8, 4) is 0 Å². The third-order valence-corrected chi connectivity index (χ3v) is 3.79. The van der Waals surface area contributed by atoms with Gasteiger partial charge in [-0.15, -0.1) is 0 Å². The van der Waals surface area contributed by atoms with Gasteiger partial charge < -0.3 is 4.90 Å². The van der Waals surface area contributed by atoms with E-state index in [2.05, 4.69) is 0 Å². The maximum atomic E-state index is 12.2. The maximum Gasteiger partial charge on any atom is 0.227 e. The number of likely N-dealkylation sites (N-methyl/N-ethyl adjacent to an activating group) is 1. The highest BCUT2D eigenvalue weighted by atomic mass is 35.5. The summed E-state index contributed by atoms with van der Waals surface area (Å²) in [6.07, 6.45) is 0.210. The fourth-order valence-corrected chi connectivity index (χ4v) is 2.46. The first-order chi connectivity index (χ1) is 9.58. The van der Waals surface area contributed by atoms with Gasteiger partial charge in [-0.2, -0.15) is 0 Å². The van der Waals surface area contributed by atoms with E-state index in [-0.39, 0.29) is 12.3 Å². The van der Waals surface area contributed by atoms with Crippen LogP contribution in [0.1, 0.15) is 11.1 Å². The summed E-state index contributed by atoms with van der Waals surface area (Å²) in [7, 11) is 1.78. The third kappa shape index (κ3) is 3.75. The zero-order valence-corrected chi connectivity index (χ0v) is 12.7. The Kier molecular flexibility index (Phi) is 5.05. The molecule has 0 bridgehead atoms. The van der Waals surface area contributed by atoms with Crippen LogP contribution in [-0.4, -0.2) is 17.9 Å². The van der Waals surface area contributed by atoms with E-state index in [1.807, 2.05) is 30.3 Å². The molecule has 0 saturated heterocycles. The van der Waals surface area contributed by atoms with Crippen LogP contribution in [0.3, 0.4) is 0 Å². The molecule has 2 rings (SSSR count). The van der Waals surface area contributed by atoms with Gasteiger partial charge in [0.25, 0.3) is 0 Å². The zero-order chi connectivity index (χ0) is 14.5. The highest BCUT2D eigenvalue weighted by Gasteiger charge is 2.14. The van der Waals surface area contributed by atoms with Crippen molar-refractivity contribution in [1.29, 1.82) is 0 Å². The molecule has 0 radical (unpaired) electrons. The first-order valence-corrected chi connectivity index (χ1v) is 7.04. The van der Waals surface area contributed by atoms with Crippen molar-refractivity contribution in [2.24, 2.45) is 0 Å². The Morgan fingerprint density at radius 1 is 1.00 bits per heavy atom. The van der Waals surface area contributed by atoms with Crippen molar-refractivity contribution in [1.82, 2.24) is 4.90 Å². The van der Waals surface area contributed by atoms with Gasteiger partial charge in [0.1, 0.15) is 0 Å². The molecule has 0 atom stereocenters. The van der Waals surface area contributed by atoms with Crippen molar-refractivity contribution in [2.45, 2.75) is 13.0 Å². The third-order valence-electron chi connectivity index (χ3n) is 3.08. The number of benzene rings is 2. The first-order valence-electron chi connectivity index (χ1n) is 6.28. The minimum atomic E-state index is -0.0103. The van der Waals surface area contributed by atoms with Gasteiger partial charge in [-0.3, -0.25) is 4.79 Å². The quantitative estimate of drug-likeness (QED) is 0.829. The number of hydrogen-bond acceptors (Lipinski definition) is 1. The summed E-state index contributed by atoms with van der Waals surface area (Å²) in [6.45, 7) is 0.571. The maximum absolute atomic E-state index is 12.2. The number of amides is 1. The molecule has 0 heterocycles. The van der Waals surface area contributed by atoms with E-state index in [0.717, 1.165) is 5.56 Å². The van der Waals surface area contributed by atoms with E-state index >= 15 is 0 Å². The lowest BCUT2D eigenvalue weighted by molar-refractivity contribution is -0.129.